The van der Waals surface area contributed by atoms with Crippen LogP contribution in [0.2, 0.25) is 0 Å². The van der Waals surface area contributed by atoms with Crippen molar-refractivity contribution < 1.29 is 0 Å². The van der Waals surface area contributed by atoms with E-state index in [2.05, 4.69) is 26.5 Å². The second-order valence-corrected chi connectivity index (χ2v) is 4.75. The van der Waals surface area contributed by atoms with Crippen molar-refractivity contribution in [3.8, 4) is 0 Å². The van der Waals surface area contributed by atoms with Crippen molar-refractivity contribution in [1.82, 2.24) is 14.3 Å². The summed E-state index contributed by atoms with van der Waals surface area (Å²) in [5, 5.41) is 4.44. The highest BCUT2D eigenvalue weighted by Gasteiger charge is 2.18. The summed E-state index contributed by atoms with van der Waals surface area (Å²) >= 11 is 1.46. The van der Waals surface area contributed by atoms with Crippen LogP contribution in [0.15, 0.2) is 0 Å². The molecule has 1 aliphatic heterocycles. The predicted octanol–water partition coefficient (Wildman–Crippen LogP) is 1.74. The standard InChI is InChI=1S/C10H18N4S/c1-3-14-6-4-9(5-7-14)12-10-11-8(2)13-15-10/h9H,3-7H2,1-2H3,(H,11,12,13). The van der Waals surface area contributed by atoms with Gasteiger partial charge >= 0.3 is 0 Å². The molecule has 0 unspecified atom stereocenters. The van der Waals surface area contributed by atoms with Crippen molar-refractivity contribution in [3.05, 3.63) is 5.82 Å². The van der Waals surface area contributed by atoms with E-state index in [9.17, 15) is 0 Å². The molecule has 0 spiro atoms. The first kappa shape index (κ1) is 10.8. The van der Waals surface area contributed by atoms with Gasteiger partial charge in [-0.3, -0.25) is 0 Å². The molecule has 1 aromatic heterocycles. The Labute approximate surface area is 94.9 Å². The van der Waals surface area contributed by atoms with Crippen LogP contribution in [0.1, 0.15) is 25.6 Å². The van der Waals surface area contributed by atoms with Crippen LogP contribution in [0.4, 0.5) is 5.13 Å². The molecule has 0 bridgehead atoms. The largest absolute Gasteiger partial charge is 0.357 e. The van der Waals surface area contributed by atoms with E-state index in [4.69, 9.17) is 0 Å². The van der Waals surface area contributed by atoms with Gasteiger partial charge in [0.25, 0.3) is 0 Å². The van der Waals surface area contributed by atoms with Crippen LogP contribution in [-0.2, 0) is 0 Å². The fourth-order valence-electron chi connectivity index (χ4n) is 1.92. The summed E-state index contributed by atoms with van der Waals surface area (Å²) in [6, 6.07) is 0.583. The van der Waals surface area contributed by atoms with E-state index >= 15 is 0 Å². The molecule has 1 saturated heterocycles. The number of hydrogen-bond acceptors (Lipinski definition) is 5. The monoisotopic (exact) mass is 226 g/mol. The smallest absolute Gasteiger partial charge is 0.202 e. The number of piperidine rings is 1. The van der Waals surface area contributed by atoms with Gasteiger partial charge in [0.05, 0.1) is 0 Å². The van der Waals surface area contributed by atoms with Crippen molar-refractivity contribution in [3.63, 3.8) is 0 Å². The SMILES string of the molecule is CCN1CCC(Nc2nc(C)ns2)CC1. The highest BCUT2D eigenvalue weighted by Crippen LogP contribution is 2.17. The topological polar surface area (TPSA) is 41.0 Å². The van der Waals surface area contributed by atoms with Gasteiger partial charge in [0, 0.05) is 30.7 Å². The first-order valence-corrected chi connectivity index (χ1v) is 6.34. The second-order valence-electron chi connectivity index (χ2n) is 4.00. The van der Waals surface area contributed by atoms with Crippen molar-refractivity contribution in [2.75, 3.05) is 25.0 Å². The van der Waals surface area contributed by atoms with E-state index in [1.165, 1.54) is 44.0 Å². The molecular formula is C10H18N4S. The molecule has 1 aliphatic rings. The first-order chi connectivity index (χ1) is 7.28. The van der Waals surface area contributed by atoms with Crippen molar-refractivity contribution in [1.29, 1.82) is 0 Å². The minimum Gasteiger partial charge on any atom is -0.357 e. The molecule has 0 aliphatic carbocycles. The number of hydrogen-bond donors (Lipinski definition) is 1. The van der Waals surface area contributed by atoms with Crippen LogP contribution >= 0.6 is 11.5 Å². The van der Waals surface area contributed by atoms with E-state index < -0.39 is 0 Å². The fraction of sp³-hybridized carbons (Fsp3) is 0.800. The summed E-state index contributed by atoms with van der Waals surface area (Å²) in [5.74, 6) is 0.869. The first-order valence-electron chi connectivity index (χ1n) is 5.57. The van der Waals surface area contributed by atoms with Crippen LogP contribution in [0.5, 0.6) is 0 Å². The Morgan fingerprint density at radius 1 is 1.47 bits per heavy atom. The van der Waals surface area contributed by atoms with Gasteiger partial charge in [-0.05, 0) is 26.3 Å². The van der Waals surface area contributed by atoms with Gasteiger partial charge in [-0.2, -0.15) is 4.37 Å². The minimum atomic E-state index is 0.583. The van der Waals surface area contributed by atoms with E-state index in [1.54, 1.807) is 0 Å². The number of rotatable bonds is 3. The van der Waals surface area contributed by atoms with Crippen LogP contribution in [0.3, 0.4) is 0 Å². The predicted molar refractivity (Wildman–Crippen MR) is 63.4 cm³/mol. The van der Waals surface area contributed by atoms with Crippen LogP contribution in [-0.4, -0.2) is 39.9 Å². The fourth-order valence-corrected chi connectivity index (χ4v) is 2.58. The number of aromatic nitrogens is 2. The minimum absolute atomic E-state index is 0.583. The Balaban J connectivity index is 1.82. The molecule has 4 nitrogen and oxygen atoms in total. The Hall–Kier alpha value is -0.680. The maximum Gasteiger partial charge on any atom is 0.202 e. The molecule has 0 amide bonds. The van der Waals surface area contributed by atoms with Gasteiger partial charge in [0.2, 0.25) is 5.13 Å². The van der Waals surface area contributed by atoms with Gasteiger partial charge in [-0.15, -0.1) is 0 Å². The normalized spacial score (nSPS) is 19.3. The van der Waals surface area contributed by atoms with Gasteiger partial charge in [-0.1, -0.05) is 6.92 Å². The van der Waals surface area contributed by atoms with E-state index in [-0.39, 0.29) is 0 Å². The molecule has 0 atom stereocenters. The van der Waals surface area contributed by atoms with Gasteiger partial charge in [-0.25, -0.2) is 4.98 Å². The Morgan fingerprint density at radius 2 is 2.20 bits per heavy atom. The van der Waals surface area contributed by atoms with Crippen molar-refractivity contribution in [2.24, 2.45) is 0 Å². The zero-order valence-electron chi connectivity index (χ0n) is 9.36. The molecule has 0 saturated carbocycles. The van der Waals surface area contributed by atoms with E-state index in [1.807, 2.05) is 6.92 Å². The molecule has 2 heterocycles. The molecule has 0 radical (unpaired) electrons. The average molecular weight is 226 g/mol. The molecule has 1 N–H and O–H groups in total. The number of nitrogens with zero attached hydrogens (tertiary/aromatic N) is 3. The molecule has 1 fully saturated rings. The van der Waals surface area contributed by atoms with E-state index in [0.717, 1.165) is 11.0 Å². The summed E-state index contributed by atoms with van der Waals surface area (Å²) in [6.45, 7) is 7.73. The van der Waals surface area contributed by atoms with Crippen LogP contribution < -0.4 is 5.32 Å². The highest BCUT2D eigenvalue weighted by molar-refractivity contribution is 7.09. The third-order valence-corrected chi connectivity index (χ3v) is 3.63. The number of aryl methyl sites for hydroxylation is 1. The second kappa shape index (κ2) is 4.90. The van der Waals surface area contributed by atoms with Crippen molar-refractivity contribution in [2.45, 2.75) is 32.7 Å². The van der Waals surface area contributed by atoms with Gasteiger partial charge < -0.3 is 10.2 Å². The molecular weight excluding hydrogens is 208 g/mol. The number of nitrogens with one attached hydrogen (secondary N) is 1. The van der Waals surface area contributed by atoms with Crippen molar-refractivity contribution >= 4 is 16.7 Å². The molecule has 84 valence electrons. The lowest BCUT2D eigenvalue weighted by Crippen LogP contribution is -2.38. The van der Waals surface area contributed by atoms with Gasteiger partial charge in [0.15, 0.2) is 0 Å². The zero-order chi connectivity index (χ0) is 10.7. The summed E-state index contributed by atoms with van der Waals surface area (Å²) < 4.78 is 4.17. The Bertz CT molecular complexity index is 304. The Kier molecular flexibility index (Phi) is 3.53. The lowest BCUT2D eigenvalue weighted by Gasteiger charge is -2.31. The summed E-state index contributed by atoms with van der Waals surface area (Å²) in [4.78, 5) is 6.82. The molecule has 5 heteroatoms. The van der Waals surface area contributed by atoms with Crippen LogP contribution in [0, 0.1) is 6.92 Å². The number of anilines is 1. The average Bonchev–Trinajstić information content (AvgIpc) is 2.65. The lowest BCUT2D eigenvalue weighted by atomic mass is 10.1. The highest BCUT2D eigenvalue weighted by atomic mass is 32.1. The molecule has 15 heavy (non-hydrogen) atoms. The number of likely N-dealkylation sites (tertiary alicyclic amines) is 1. The molecule has 0 aromatic carbocycles. The summed E-state index contributed by atoms with van der Waals surface area (Å²) in [7, 11) is 0. The maximum absolute atomic E-state index is 4.33. The third-order valence-electron chi connectivity index (χ3n) is 2.89. The summed E-state index contributed by atoms with van der Waals surface area (Å²) in [5.41, 5.74) is 0. The maximum atomic E-state index is 4.33. The van der Waals surface area contributed by atoms with Crippen LogP contribution in [0.25, 0.3) is 0 Å². The van der Waals surface area contributed by atoms with E-state index in [0.29, 0.717) is 6.04 Å². The summed E-state index contributed by atoms with van der Waals surface area (Å²) in [6.07, 6.45) is 2.43. The quantitative estimate of drug-likeness (QED) is 0.852. The zero-order valence-corrected chi connectivity index (χ0v) is 10.2. The van der Waals surface area contributed by atoms with Gasteiger partial charge in [0.1, 0.15) is 5.82 Å². The Morgan fingerprint density at radius 3 is 2.73 bits per heavy atom. The lowest BCUT2D eigenvalue weighted by molar-refractivity contribution is 0.229. The third kappa shape index (κ3) is 2.89. The molecule has 1 aromatic rings. The molecule has 2 rings (SSSR count).